The number of ketones is 1. The van der Waals surface area contributed by atoms with E-state index < -0.39 is 0 Å². The highest BCUT2D eigenvalue weighted by Crippen LogP contribution is 2.10. The summed E-state index contributed by atoms with van der Waals surface area (Å²) in [6.07, 6.45) is 0.972. The first kappa shape index (κ1) is 10.6. The Labute approximate surface area is 69.2 Å². The molecule has 2 unspecified atom stereocenters. The summed E-state index contributed by atoms with van der Waals surface area (Å²) in [4.78, 5) is 11.3. The fraction of sp³-hybridized carbons (Fsp3) is 0.889. The molecule has 0 heterocycles. The maximum atomic E-state index is 11.3. The van der Waals surface area contributed by atoms with Crippen molar-refractivity contribution in [1.82, 2.24) is 0 Å². The van der Waals surface area contributed by atoms with Crippen molar-refractivity contribution in [2.75, 3.05) is 0 Å². The minimum absolute atomic E-state index is 0.0685. The zero-order valence-electron chi connectivity index (χ0n) is 7.92. The molecular weight excluding hydrogens is 141 g/mol. The van der Waals surface area contributed by atoms with Gasteiger partial charge in [-0.25, -0.2) is 0 Å². The number of rotatable bonds is 4. The van der Waals surface area contributed by atoms with Gasteiger partial charge in [0.05, 0.1) is 6.04 Å². The second kappa shape index (κ2) is 4.50. The van der Waals surface area contributed by atoms with Crippen molar-refractivity contribution in [1.29, 1.82) is 0 Å². The Hall–Kier alpha value is -0.370. The third-order valence-electron chi connectivity index (χ3n) is 2.15. The van der Waals surface area contributed by atoms with Crippen LogP contribution in [0.15, 0.2) is 0 Å². The van der Waals surface area contributed by atoms with Crippen LogP contribution in [-0.2, 0) is 4.79 Å². The van der Waals surface area contributed by atoms with E-state index in [1.54, 1.807) is 0 Å². The van der Waals surface area contributed by atoms with Gasteiger partial charge in [0.15, 0.2) is 5.78 Å². The third kappa shape index (κ3) is 3.02. The lowest BCUT2D eigenvalue weighted by molar-refractivity contribution is -0.124. The van der Waals surface area contributed by atoms with Crippen LogP contribution >= 0.6 is 0 Å². The molecule has 0 aliphatic carbocycles. The zero-order chi connectivity index (χ0) is 9.02. The predicted molar refractivity (Wildman–Crippen MR) is 47.3 cm³/mol. The van der Waals surface area contributed by atoms with Crippen LogP contribution in [-0.4, -0.2) is 11.8 Å². The van der Waals surface area contributed by atoms with Gasteiger partial charge in [0.2, 0.25) is 0 Å². The molecule has 2 nitrogen and oxygen atoms in total. The third-order valence-corrected chi connectivity index (χ3v) is 2.15. The van der Waals surface area contributed by atoms with Crippen LogP contribution in [0.1, 0.15) is 34.1 Å². The monoisotopic (exact) mass is 160 g/mol. The lowest BCUT2D eigenvalue weighted by Gasteiger charge is -2.18. The van der Waals surface area contributed by atoms with Gasteiger partial charge in [-0.15, -0.1) is 0 Å². The molecule has 2 N–H and O–H groups in total. The van der Waals surface area contributed by atoms with Crippen molar-refractivity contribution >= 4 is 5.78 Å². The van der Waals surface area contributed by atoms with Crippen LogP contribution in [0.4, 0.5) is 0 Å². The van der Waals surface area contributed by atoms with Gasteiger partial charge in [0, 0.05) is 5.92 Å². The minimum Gasteiger partial charge on any atom is -0.321 e. The first-order valence-corrected chi connectivity index (χ1v) is 4.30. The van der Waals surface area contributed by atoms with Gasteiger partial charge in [-0.2, -0.15) is 0 Å². The Kier molecular flexibility index (Phi) is 4.34. The molecule has 0 fully saturated rings. The summed E-state index contributed by atoms with van der Waals surface area (Å²) >= 11 is 0. The van der Waals surface area contributed by atoms with E-state index >= 15 is 0 Å². The molecule has 2 heteroatoms. The van der Waals surface area contributed by atoms with E-state index in [-0.39, 0.29) is 17.7 Å². The molecule has 0 saturated heterocycles. The Morgan fingerprint density at radius 1 is 1.36 bits per heavy atom. The van der Waals surface area contributed by atoms with Gasteiger partial charge in [-0.3, -0.25) is 4.79 Å². The SMILES string of the molecule is CCC(C)C([15NH2])C(=[18O])C(C)C. The summed E-state index contributed by atoms with van der Waals surface area (Å²) < 4.78 is 0. The van der Waals surface area contributed by atoms with Gasteiger partial charge < -0.3 is 5.73 Å². The summed E-state index contributed by atoms with van der Waals surface area (Å²) in [5, 5.41) is 0. The van der Waals surface area contributed by atoms with E-state index in [2.05, 4.69) is 6.92 Å². The van der Waals surface area contributed by atoms with Gasteiger partial charge in [-0.1, -0.05) is 34.1 Å². The van der Waals surface area contributed by atoms with Gasteiger partial charge in [-0.05, 0) is 5.92 Å². The van der Waals surface area contributed by atoms with E-state index in [9.17, 15) is 4.79 Å². The van der Waals surface area contributed by atoms with Crippen LogP contribution in [0.3, 0.4) is 0 Å². The molecule has 0 radical (unpaired) electrons. The van der Waals surface area contributed by atoms with Crippen molar-refractivity contribution in [2.45, 2.75) is 40.2 Å². The molecule has 0 aromatic rings. The number of carbonyl (C=O) groups excluding carboxylic acids is 1. The molecule has 66 valence electrons. The summed E-state index contributed by atoms with van der Waals surface area (Å²) in [5.74, 6) is 0.559. The van der Waals surface area contributed by atoms with Crippen LogP contribution in [0, 0.1) is 11.8 Å². The summed E-state index contributed by atoms with van der Waals surface area (Å²) in [6, 6.07) is -0.264. The normalized spacial score (nSPS) is 16.5. The molecule has 2 atom stereocenters. The first-order chi connectivity index (χ1) is 5.00. The van der Waals surface area contributed by atoms with Gasteiger partial charge in [0.1, 0.15) is 0 Å². The largest absolute Gasteiger partial charge is 0.321 e. The van der Waals surface area contributed by atoms with Crippen molar-refractivity contribution in [3.63, 3.8) is 0 Å². The Balaban J connectivity index is 4.02. The Morgan fingerprint density at radius 3 is 2.09 bits per heavy atom. The van der Waals surface area contributed by atoms with Crippen LogP contribution in [0.25, 0.3) is 0 Å². The smallest absolute Gasteiger partial charge is 0.152 e. The topological polar surface area (TPSA) is 43.1 Å². The molecule has 0 aliphatic rings. The lowest BCUT2D eigenvalue weighted by atomic mass is 9.92. The highest BCUT2D eigenvalue weighted by molar-refractivity contribution is 5.85. The average Bonchev–Trinajstić information content (AvgIpc) is 2.00. The molecule has 0 spiro atoms. The predicted octanol–water partition coefficient (Wildman–Crippen LogP) is 1.58. The van der Waals surface area contributed by atoms with E-state index in [1.807, 2.05) is 20.8 Å². The molecule has 0 aliphatic heterocycles. The maximum absolute atomic E-state index is 11.3. The molecule has 0 aromatic carbocycles. The standard InChI is InChI=1S/C9H19NO/c1-5-7(4)8(10)9(11)6(2)3/h6-8H,5,10H2,1-4H3/i10+1,11+2. The first-order valence-electron chi connectivity index (χ1n) is 4.30. The van der Waals surface area contributed by atoms with E-state index in [0.717, 1.165) is 6.42 Å². The Morgan fingerprint density at radius 2 is 1.82 bits per heavy atom. The minimum atomic E-state index is -0.264. The fourth-order valence-corrected chi connectivity index (χ4v) is 0.919. The number of hydrogen-bond donors (Lipinski definition) is 1. The number of nitrogens with two attached hydrogens (primary N) is 1. The number of carbonyl (C=O) groups is 1. The second-order valence-corrected chi connectivity index (χ2v) is 3.47. The molecule has 0 bridgehead atoms. The van der Waals surface area contributed by atoms with Crippen LogP contribution in [0.2, 0.25) is 0 Å². The number of Topliss-reactive ketones (excluding diaryl/α,β-unsaturated/α-hetero) is 1. The Bertz CT molecular complexity index is 132. The molecule has 0 amide bonds. The quantitative estimate of drug-likeness (QED) is 0.501. The highest BCUT2D eigenvalue weighted by Gasteiger charge is 2.21. The van der Waals surface area contributed by atoms with E-state index in [0.29, 0.717) is 5.92 Å². The number of hydrogen-bond acceptors (Lipinski definition) is 2. The van der Waals surface area contributed by atoms with Crippen molar-refractivity contribution in [2.24, 2.45) is 17.6 Å². The van der Waals surface area contributed by atoms with E-state index in [4.69, 9.17) is 5.73 Å². The molecule has 0 aromatic heterocycles. The molecule has 11 heavy (non-hydrogen) atoms. The lowest BCUT2D eigenvalue weighted by Crippen LogP contribution is -2.39. The molecular formula is C9H19NO. The second-order valence-electron chi connectivity index (χ2n) is 3.47. The van der Waals surface area contributed by atoms with Gasteiger partial charge in [0.25, 0.3) is 0 Å². The zero-order valence-corrected chi connectivity index (χ0v) is 7.92. The summed E-state index contributed by atoms with van der Waals surface area (Å²) in [7, 11) is 0. The van der Waals surface area contributed by atoms with E-state index in [1.165, 1.54) is 0 Å². The average molecular weight is 160 g/mol. The molecule has 0 saturated carbocycles. The van der Waals surface area contributed by atoms with Crippen LogP contribution in [0.5, 0.6) is 0 Å². The van der Waals surface area contributed by atoms with Crippen molar-refractivity contribution in [3.8, 4) is 0 Å². The maximum Gasteiger partial charge on any atom is 0.152 e. The van der Waals surface area contributed by atoms with Crippen LogP contribution < -0.4 is 5.73 Å². The summed E-state index contributed by atoms with van der Waals surface area (Å²) in [5.41, 5.74) is 5.72. The fourth-order valence-electron chi connectivity index (χ4n) is 0.919. The summed E-state index contributed by atoms with van der Waals surface area (Å²) in [6.45, 7) is 7.86. The van der Waals surface area contributed by atoms with Crippen molar-refractivity contribution in [3.05, 3.63) is 0 Å². The van der Waals surface area contributed by atoms with Gasteiger partial charge >= 0.3 is 0 Å². The van der Waals surface area contributed by atoms with Crippen molar-refractivity contribution < 1.29 is 4.79 Å². The highest BCUT2D eigenvalue weighted by atomic mass is 18.1. The molecule has 0 rings (SSSR count).